The third-order valence-corrected chi connectivity index (χ3v) is 6.30. The molecule has 1 heterocycles. The van der Waals surface area contributed by atoms with Crippen molar-refractivity contribution >= 4 is 33.9 Å². The van der Waals surface area contributed by atoms with Crippen LogP contribution in [0.3, 0.4) is 0 Å². The SMILES string of the molecule is CCC(CC1CC1)NC1CCCc2sc(I)cc21. The molecule has 0 radical (unpaired) electrons. The van der Waals surface area contributed by atoms with Crippen molar-refractivity contribution in [1.82, 2.24) is 5.32 Å². The molecule has 3 heteroatoms. The summed E-state index contributed by atoms with van der Waals surface area (Å²) in [6.07, 6.45) is 9.64. The Morgan fingerprint density at radius 1 is 1.44 bits per heavy atom. The van der Waals surface area contributed by atoms with Gasteiger partial charge in [-0.3, -0.25) is 0 Å². The summed E-state index contributed by atoms with van der Waals surface area (Å²) in [4.78, 5) is 1.64. The van der Waals surface area contributed by atoms with Crippen LogP contribution in [-0.2, 0) is 6.42 Å². The summed E-state index contributed by atoms with van der Waals surface area (Å²) in [6.45, 7) is 2.33. The summed E-state index contributed by atoms with van der Waals surface area (Å²) in [5.41, 5.74) is 1.62. The highest BCUT2D eigenvalue weighted by Gasteiger charge is 2.28. The molecule has 100 valence electrons. The summed E-state index contributed by atoms with van der Waals surface area (Å²) < 4.78 is 1.46. The van der Waals surface area contributed by atoms with Gasteiger partial charge in [-0.25, -0.2) is 0 Å². The first kappa shape index (κ1) is 13.4. The fourth-order valence-corrected chi connectivity index (χ4v) is 5.21. The van der Waals surface area contributed by atoms with Gasteiger partial charge in [0.15, 0.2) is 0 Å². The monoisotopic (exact) mass is 375 g/mol. The van der Waals surface area contributed by atoms with Gasteiger partial charge in [-0.1, -0.05) is 19.8 Å². The van der Waals surface area contributed by atoms with Crippen molar-refractivity contribution in [2.75, 3.05) is 0 Å². The van der Waals surface area contributed by atoms with Gasteiger partial charge in [0.2, 0.25) is 0 Å². The fraction of sp³-hybridized carbons (Fsp3) is 0.733. The molecule has 1 fully saturated rings. The predicted molar refractivity (Wildman–Crippen MR) is 87.3 cm³/mol. The van der Waals surface area contributed by atoms with E-state index in [1.54, 1.807) is 10.4 Å². The van der Waals surface area contributed by atoms with E-state index in [2.05, 4.69) is 40.9 Å². The standard InChI is InChI=1S/C15H22INS/c1-2-11(8-10-6-7-10)17-13-4-3-5-14-12(13)9-15(16)18-14/h9-11,13,17H,2-8H2,1H3. The minimum absolute atomic E-state index is 0.636. The number of aryl methyl sites for hydroxylation is 1. The van der Waals surface area contributed by atoms with Gasteiger partial charge in [0.1, 0.15) is 0 Å². The van der Waals surface area contributed by atoms with E-state index >= 15 is 0 Å². The fourth-order valence-electron chi connectivity index (χ4n) is 3.09. The molecule has 0 aliphatic heterocycles. The summed E-state index contributed by atoms with van der Waals surface area (Å²) in [5, 5.41) is 3.95. The van der Waals surface area contributed by atoms with Crippen molar-refractivity contribution in [3.05, 3.63) is 19.4 Å². The highest BCUT2D eigenvalue weighted by Crippen LogP contribution is 2.38. The van der Waals surface area contributed by atoms with Crippen LogP contribution >= 0.6 is 33.9 Å². The summed E-state index contributed by atoms with van der Waals surface area (Å²) in [7, 11) is 0. The first-order valence-corrected chi connectivity index (χ1v) is 9.20. The van der Waals surface area contributed by atoms with Gasteiger partial charge >= 0.3 is 0 Å². The number of halogens is 1. The van der Waals surface area contributed by atoms with Crippen molar-refractivity contribution in [3.63, 3.8) is 0 Å². The van der Waals surface area contributed by atoms with Crippen molar-refractivity contribution in [2.24, 2.45) is 5.92 Å². The molecule has 2 aliphatic rings. The molecule has 0 aromatic carbocycles. The van der Waals surface area contributed by atoms with Gasteiger partial charge in [-0.2, -0.15) is 0 Å². The molecular formula is C15H22INS. The topological polar surface area (TPSA) is 12.0 Å². The quantitative estimate of drug-likeness (QED) is 0.722. The normalized spacial score (nSPS) is 24.9. The number of hydrogen-bond donors (Lipinski definition) is 1. The lowest BCUT2D eigenvalue weighted by atomic mass is 9.92. The van der Waals surface area contributed by atoms with E-state index in [-0.39, 0.29) is 0 Å². The molecule has 1 N–H and O–H groups in total. The Morgan fingerprint density at radius 3 is 3.00 bits per heavy atom. The van der Waals surface area contributed by atoms with E-state index < -0.39 is 0 Å². The number of thiophene rings is 1. The Balaban J connectivity index is 1.68. The molecule has 2 atom stereocenters. The Kier molecular flexibility index (Phi) is 4.31. The lowest BCUT2D eigenvalue weighted by Gasteiger charge is -2.28. The predicted octanol–water partition coefficient (Wildman–Crippen LogP) is 4.90. The van der Waals surface area contributed by atoms with E-state index in [1.165, 1.54) is 47.8 Å². The lowest BCUT2D eigenvalue weighted by Crippen LogP contribution is -2.34. The van der Waals surface area contributed by atoms with Crippen LogP contribution in [0.15, 0.2) is 6.07 Å². The van der Waals surface area contributed by atoms with Crippen LogP contribution in [0.2, 0.25) is 0 Å². The van der Waals surface area contributed by atoms with E-state index in [0.29, 0.717) is 6.04 Å². The summed E-state index contributed by atoms with van der Waals surface area (Å²) in [6, 6.07) is 3.80. The summed E-state index contributed by atoms with van der Waals surface area (Å²) >= 11 is 4.48. The zero-order valence-corrected chi connectivity index (χ0v) is 14.0. The third-order valence-electron chi connectivity index (χ3n) is 4.33. The van der Waals surface area contributed by atoms with Crippen LogP contribution in [0.5, 0.6) is 0 Å². The van der Waals surface area contributed by atoms with Crippen LogP contribution in [0.1, 0.15) is 61.9 Å². The maximum absolute atomic E-state index is 3.95. The average Bonchev–Trinajstić information content (AvgIpc) is 3.08. The van der Waals surface area contributed by atoms with Crippen LogP contribution in [0.25, 0.3) is 0 Å². The van der Waals surface area contributed by atoms with Crippen LogP contribution in [-0.4, -0.2) is 6.04 Å². The maximum atomic E-state index is 3.95. The summed E-state index contributed by atoms with van der Waals surface area (Å²) in [5.74, 6) is 1.04. The van der Waals surface area contributed by atoms with Gasteiger partial charge in [0.05, 0.1) is 2.88 Å². The van der Waals surface area contributed by atoms with E-state index in [1.807, 2.05) is 11.3 Å². The molecule has 2 unspecified atom stereocenters. The smallest absolute Gasteiger partial charge is 0.0659 e. The molecule has 3 rings (SSSR count). The van der Waals surface area contributed by atoms with Gasteiger partial charge in [0.25, 0.3) is 0 Å². The first-order valence-electron chi connectivity index (χ1n) is 7.30. The van der Waals surface area contributed by atoms with Crippen molar-refractivity contribution < 1.29 is 0 Å². The number of fused-ring (bicyclic) bond motifs is 1. The molecule has 1 aromatic heterocycles. The van der Waals surface area contributed by atoms with Crippen LogP contribution < -0.4 is 5.32 Å². The van der Waals surface area contributed by atoms with Gasteiger partial charge < -0.3 is 5.32 Å². The van der Waals surface area contributed by atoms with E-state index in [4.69, 9.17) is 0 Å². The minimum atomic E-state index is 0.636. The van der Waals surface area contributed by atoms with Crippen molar-refractivity contribution in [1.29, 1.82) is 0 Å². The van der Waals surface area contributed by atoms with Crippen LogP contribution in [0, 0.1) is 8.80 Å². The molecular weight excluding hydrogens is 353 g/mol. The molecule has 1 nitrogen and oxygen atoms in total. The van der Waals surface area contributed by atoms with Crippen molar-refractivity contribution in [2.45, 2.75) is 64.0 Å². The Hall–Kier alpha value is 0.390. The first-order chi connectivity index (χ1) is 8.76. The number of hydrogen-bond acceptors (Lipinski definition) is 2. The number of rotatable bonds is 5. The third kappa shape index (κ3) is 3.10. The van der Waals surface area contributed by atoms with Gasteiger partial charge in [-0.15, -0.1) is 11.3 Å². The highest BCUT2D eigenvalue weighted by atomic mass is 127. The molecule has 1 saturated carbocycles. The molecule has 0 spiro atoms. The largest absolute Gasteiger partial charge is 0.307 e. The number of nitrogens with one attached hydrogen (secondary N) is 1. The maximum Gasteiger partial charge on any atom is 0.0659 e. The van der Waals surface area contributed by atoms with Crippen molar-refractivity contribution in [3.8, 4) is 0 Å². The van der Waals surface area contributed by atoms with Crippen LogP contribution in [0.4, 0.5) is 0 Å². The second-order valence-corrected chi connectivity index (χ2v) is 8.86. The second kappa shape index (κ2) is 5.80. The van der Waals surface area contributed by atoms with Gasteiger partial charge in [0, 0.05) is 17.0 Å². The molecule has 0 amide bonds. The zero-order valence-electron chi connectivity index (χ0n) is 11.0. The molecule has 0 saturated heterocycles. The van der Waals surface area contributed by atoms with E-state index in [9.17, 15) is 0 Å². The molecule has 1 aromatic rings. The Labute approximate surface area is 128 Å². The molecule has 0 bridgehead atoms. The minimum Gasteiger partial charge on any atom is -0.307 e. The molecule has 18 heavy (non-hydrogen) atoms. The lowest BCUT2D eigenvalue weighted by molar-refractivity contribution is 0.363. The van der Waals surface area contributed by atoms with Gasteiger partial charge in [-0.05, 0) is 72.2 Å². The zero-order chi connectivity index (χ0) is 12.5. The second-order valence-electron chi connectivity index (χ2n) is 5.82. The Bertz CT molecular complexity index is 411. The highest BCUT2D eigenvalue weighted by molar-refractivity contribution is 14.1. The van der Waals surface area contributed by atoms with E-state index in [0.717, 1.165) is 12.0 Å². The Morgan fingerprint density at radius 2 is 2.28 bits per heavy atom. The average molecular weight is 375 g/mol. The molecule has 2 aliphatic carbocycles.